The third-order valence-corrected chi connectivity index (χ3v) is 5.35. The fourth-order valence-electron chi connectivity index (χ4n) is 3.60. The molecule has 0 saturated carbocycles. The predicted molar refractivity (Wildman–Crippen MR) is 85.4 cm³/mol. The molecular formula is C16H28N2OS. The molecule has 0 aromatic carbocycles. The number of hydrogen-bond donors (Lipinski definition) is 1. The van der Waals surface area contributed by atoms with E-state index in [-0.39, 0.29) is 11.2 Å². The molecule has 1 N–H and O–H groups in total. The molecular weight excluding hydrogens is 268 g/mol. The van der Waals surface area contributed by atoms with Gasteiger partial charge in [-0.1, -0.05) is 6.92 Å². The standard InChI is InChI=1S/C16H28N2OS/c1-8-17-13(14-10(2)18-11(3)20-14)12-9-15(4,5)19-16(12,6)7/h12-13,17H,8-9H2,1-7H3. The van der Waals surface area contributed by atoms with Crippen molar-refractivity contribution in [1.29, 1.82) is 0 Å². The normalized spacial score (nSPS) is 25.9. The number of nitrogens with zero attached hydrogens (tertiary/aromatic N) is 1. The van der Waals surface area contributed by atoms with E-state index in [4.69, 9.17) is 4.74 Å². The average molecular weight is 296 g/mol. The van der Waals surface area contributed by atoms with Gasteiger partial charge in [0, 0.05) is 16.8 Å². The van der Waals surface area contributed by atoms with Crippen molar-refractivity contribution < 1.29 is 4.74 Å². The molecule has 1 aliphatic rings. The van der Waals surface area contributed by atoms with E-state index in [1.807, 2.05) is 11.3 Å². The van der Waals surface area contributed by atoms with Crippen LogP contribution in [-0.2, 0) is 4.74 Å². The summed E-state index contributed by atoms with van der Waals surface area (Å²) in [5.74, 6) is 0.469. The highest BCUT2D eigenvalue weighted by molar-refractivity contribution is 7.11. The summed E-state index contributed by atoms with van der Waals surface area (Å²) in [5, 5.41) is 4.83. The minimum Gasteiger partial charge on any atom is -0.369 e. The number of thiazole rings is 1. The fraction of sp³-hybridized carbons (Fsp3) is 0.812. The lowest BCUT2D eigenvalue weighted by Gasteiger charge is -2.33. The number of hydrogen-bond acceptors (Lipinski definition) is 4. The second-order valence-corrected chi connectivity index (χ2v) is 8.23. The van der Waals surface area contributed by atoms with Crippen molar-refractivity contribution in [3.63, 3.8) is 0 Å². The molecule has 1 fully saturated rings. The molecule has 2 rings (SSSR count). The van der Waals surface area contributed by atoms with Crippen LogP contribution >= 0.6 is 11.3 Å². The minimum atomic E-state index is -0.110. The van der Waals surface area contributed by atoms with Crippen LogP contribution < -0.4 is 5.32 Å². The van der Waals surface area contributed by atoms with Crippen LogP contribution in [0.1, 0.15) is 62.7 Å². The summed E-state index contributed by atoms with van der Waals surface area (Å²) < 4.78 is 6.29. The van der Waals surface area contributed by atoms with Gasteiger partial charge in [0.15, 0.2) is 0 Å². The second-order valence-electron chi connectivity index (χ2n) is 6.99. The predicted octanol–water partition coefficient (Wildman–Crippen LogP) is 4.00. The van der Waals surface area contributed by atoms with Gasteiger partial charge in [-0.2, -0.15) is 0 Å². The Bertz CT molecular complexity index is 479. The Morgan fingerprint density at radius 3 is 2.40 bits per heavy atom. The Labute approximate surface area is 127 Å². The maximum atomic E-state index is 6.29. The topological polar surface area (TPSA) is 34.2 Å². The lowest BCUT2D eigenvalue weighted by atomic mass is 9.80. The quantitative estimate of drug-likeness (QED) is 0.911. The fourth-order valence-corrected chi connectivity index (χ4v) is 4.67. The van der Waals surface area contributed by atoms with Crippen LogP contribution in [0, 0.1) is 19.8 Å². The van der Waals surface area contributed by atoms with Crippen LogP contribution in [0.15, 0.2) is 0 Å². The average Bonchev–Trinajstić information content (AvgIpc) is 2.71. The van der Waals surface area contributed by atoms with Gasteiger partial charge in [-0.15, -0.1) is 11.3 Å². The van der Waals surface area contributed by atoms with E-state index in [1.165, 1.54) is 10.6 Å². The molecule has 0 aliphatic carbocycles. The lowest BCUT2D eigenvalue weighted by molar-refractivity contribution is -0.0777. The second kappa shape index (κ2) is 5.39. The van der Waals surface area contributed by atoms with Gasteiger partial charge in [0.05, 0.1) is 21.9 Å². The zero-order valence-corrected chi connectivity index (χ0v) is 14.6. The Balaban J connectivity index is 2.36. The SMILES string of the molecule is CCNC(c1sc(C)nc1C)C1CC(C)(C)OC1(C)C. The van der Waals surface area contributed by atoms with E-state index in [9.17, 15) is 0 Å². The number of ether oxygens (including phenoxy) is 1. The van der Waals surface area contributed by atoms with Crippen LogP contribution in [0.2, 0.25) is 0 Å². The largest absolute Gasteiger partial charge is 0.369 e. The molecule has 0 bridgehead atoms. The van der Waals surface area contributed by atoms with Crippen LogP contribution in [-0.4, -0.2) is 22.7 Å². The molecule has 3 nitrogen and oxygen atoms in total. The van der Waals surface area contributed by atoms with Gasteiger partial charge in [0.25, 0.3) is 0 Å². The van der Waals surface area contributed by atoms with Crippen LogP contribution in [0.25, 0.3) is 0 Å². The van der Waals surface area contributed by atoms with E-state index in [0.717, 1.165) is 18.0 Å². The molecule has 114 valence electrons. The van der Waals surface area contributed by atoms with Crippen molar-refractivity contribution in [1.82, 2.24) is 10.3 Å². The number of rotatable bonds is 4. The van der Waals surface area contributed by atoms with Crippen molar-refractivity contribution in [3.8, 4) is 0 Å². The van der Waals surface area contributed by atoms with Gasteiger partial charge >= 0.3 is 0 Å². The van der Waals surface area contributed by atoms with Crippen LogP contribution in [0.4, 0.5) is 0 Å². The first kappa shape index (κ1) is 15.9. The highest BCUT2D eigenvalue weighted by atomic mass is 32.1. The maximum Gasteiger partial charge on any atom is 0.0900 e. The molecule has 0 amide bonds. The first-order chi connectivity index (χ1) is 9.16. The minimum absolute atomic E-state index is 0.0462. The van der Waals surface area contributed by atoms with Gasteiger partial charge in [0.1, 0.15) is 0 Å². The molecule has 1 aromatic heterocycles. The monoisotopic (exact) mass is 296 g/mol. The molecule has 2 atom stereocenters. The Kier molecular flexibility index (Phi) is 4.30. The van der Waals surface area contributed by atoms with E-state index < -0.39 is 0 Å². The third-order valence-electron chi connectivity index (χ3n) is 4.19. The molecule has 4 heteroatoms. The molecule has 0 radical (unpaired) electrons. The maximum absolute atomic E-state index is 6.29. The van der Waals surface area contributed by atoms with Gasteiger partial charge in [-0.05, 0) is 54.5 Å². The molecule has 1 aliphatic heterocycles. The van der Waals surface area contributed by atoms with Gasteiger partial charge in [-0.25, -0.2) is 4.98 Å². The van der Waals surface area contributed by atoms with Crippen molar-refractivity contribution >= 4 is 11.3 Å². The van der Waals surface area contributed by atoms with Gasteiger partial charge in [0.2, 0.25) is 0 Å². The molecule has 2 heterocycles. The number of aromatic nitrogens is 1. The summed E-state index contributed by atoms with van der Waals surface area (Å²) in [6, 6.07) is 0.336. The summed E-state index contributed by atoms with van der Waals surface area (Å²) in [6.07, 6.45) is 1.08. The van der Waals surface area contributed by atoms with Crippen LogP contribution in [0.5, 0.6) is 0 Å². The summed E-state index contributed by atoms with van der Waals surface area (Å²) in [7, 11) is 0. The Morgan fingerprint density at radius 2 is 2.00 bits per heavy atom. The van der Waals surface area contributed by atoms with E-state index in [1.54, 1.807) is 0 Å². The number of nitrogens with one attached hydrogen (secondary N) is 1. The Morgan fingerprint density at radius 1 is 1.35 bits per heavy atom. The van der Waals surface area contributed by atoms with Crippen molar-refractivity contribution in [3.05, 3.63) is 15.6 Å². The summed E-state index contributed by atoms with van der Waals surface area (Å²) >= 11 is 1.82. The first-order valence-electron chi connectivity index (χ1n) is 7.54. The highest BCUT2D eigenvalue weighted by Gasteiger charge is 2.49. The van der Waals surface area contributed by atoms with Crippen molar-refractivity contribution in [2.45, 2.75) is 72.1 Å². The van der Waals surface area contributed by atoms with E-state index in [0.29, 0.717) is 12.0 Å². The molecule has 0 spiro atoms. The molecule has 1 saturated heterocycles. The van der Waals surface area contributed by atoms with E-state index >= 15 is 0 Å². The summed E-state index contributed by atoms with van der Waals surface area (Å²) in [4.78, 5) is 5.99. The van der Waals surface area contributed by atoms with Gasteiger partial charge in [-0.3, -0.25) is 0 Å². The molecule has 1 aromatic rings. The van der Waals surface area contributed by atoms with E-state index in [2.05, 4.69) is 58.8 Å². The Hall–Kier alpha value is -0.450. The highest BCUT2D eigenvalue weighted by Crippen LogP contribution is 2.48. The van der Waals surface area contributed by atoms with Crippen LogP contribution in [0.3, 0.4) is 0 Å². The third kappa shape index (κ3) is 3.07. The van der Waals surface area contributed by atoms with Crippen molar-refractivity contribution in [2.75, 3.05) is 6.54 Å². The smallest absolute Gasteiger partial charge is 0.0900 e. The zero-order chi connectivity index (χ0) is 15.1. The first-order valence-corrected chi connectivity index (χ1v) is 8.35. The van der Waals surface area contributed by atoms with Crippen molar-refractivity contribution in [2.24, 2.45) is 5.92 Å². The summed E-state index contributed by atoms with van der Waals surface area (Å²) in [6.45, 7) is 16.2. The lowest BCUT2D eigenvalue weighted by Crippen LogP contribution is -2.38. The zero-order valence-electron chi connectivity index (χ0n) is 13.8. The molecule has 20 heavy (non-hydrogen) atoms. The summed E-state index contributed by atoms with van der Waals surface area (Å²) in [5.41, 5.74) is 1.01. The van der Waals surface area contributed by atoms with Gasteiger partial charge < -0.3 is 10.1 Å². The molecule has 2 unspecified atom stereocenters. The number of aryl methyl sites for hydroxylation is 2.